The number of aryl methyl sites for hydroxylation is 1. The molecule has 2 atom stereocenters. The van der Waals surface area contributed by atoms with Gasteiger partial charge in [0, 0.05) is 27.7 Å². The van der Waals surface area contributed by atoms with E-state index in [1.54, 1.807) is 37.3 Å². The first kappa shape index (κ1) is 33.5. The van der Waals surface area contributed by atoms with Gasteiger partial charge in [-0.1, -0.05) is 65.5 Å². The van der Waals surface area contributed by atoms with E-state index in [0.29, 0.717) is 22.0 Å². The molecule has 0 aliphatic carbocycles. The fraction of sp³-hybridized carbons (Fsp3) is 0.333. The number of carbonyl (C=O) groups is 2. The van der Waals surface area contributed by atoms with E-state index in [1.807, 2.05) is 20.8 Å². The number of rotatable bonds is 12. The van der Waals surface area contributed by atoms with Crippen LogP contribution in [0.2, 0.25) is 15.1 Å². The highest BCUT2D eigenvalue weighted by molar-refractivity contribution is 7.92. The Bertz CT molecular complexity index is 1530. The maximum atomic E-state index is 14.1. The molecule has 3 aromatic rings. The number of nitrogens with zero attached hydrogens (tertiary/aromatic N) is 2. The van der Waals surface area contributed by atoms with Gasteiger partial charge in [-0.15, -0.1) is 0 Å². The topological polar surface area (TPSA) is 96.0 Å². The molecule has 8 nitrogen and oxygen atoms in total. The van der Waals surface area contributed by atoms with Crippen LogP contribution < -0.4 is 14.4 Å². The van der Waals surface area contributed by atoms with Crippen LogP contribution in [0.5, 0.6) is 5.75 Å². The minimum atomic E-state index is -4.30. The highest BCUT2D eigenvalue weighted by atomic mass is 35.5. The molecule has 0 saturated carbocycles. The van der Waals surface area contributed by atoms with Gasteiger partial charge < -0.3 is 15.0 Å². The zero-order valence-electron chi connectivity index (χ0n) is 24.0. The number of anilines is 1. The lowest BCUT2D eigenvalue weighted by Crippen LogP contribution is -2.52. The molecule has 0 bridgehead atoms. The molecule has 3 aromatic carbocycles. The van der Waals surface area contributed by atoms with Crippen molar-refractivity contribution in [1.82, 2.24) is 10.2 Å². The van der Waals surface area contributed by atoms with Gasteiger partial charge in [-0.25, -0.2) is 8.42 Å². The summed E-state index contributed by atoms with van der Waals surface area (Å²) in [5.74, 6) is -0.848. The van der Waals surface area contributed by atoms with Crippen LogP contribution in [0.15, 0.2) is 65.6 Å². The number of nitrogens with one attached hydrogen (secondary N) is 1. The summed E-state index contributed by atoms with van der Waals surface area (Å²) < 4.78 is 34.5. The first-order chi connectivity index (χ1) is 19.8. The molecule has 0 aliphatic rings. The number of amides is 2. The van der Waals surface area contributed by atoms with Gasteiger partial charge in [-0.05, 0) is 75.2 Å². The van der Waals surface area contributed by atoms with Gasteiger partial charge in [0.25, 0.3) is 10.0 Å². The molecule has 0 fully saturated rings. The molecular weight excluding hydrogens is 621 g/mol. The molecule has 0 heterocycles. The second kappa shape index (κ2) is 14.5. The predicted octanol–water partition coefficient (Wildman–Crippen LogP) is 6.49. The van der Waals surface area contributed by atoms with Crippen LogP contribution >= 0.6 is 34.8 Å². The van der Waals surface area contributed by atoms with Gasteiger partial charge in [-0.2, -0.15) is 0 Å². The van der Waals surface area contributed by atoms with E-state index in [-0.39, 0.29) is 33.9 Å². The normalized spacial score (nSPS) is 12.8. The van der Waals surface area contributed by atoms with Crippen LogP contribution in [0.3, 0.4) is 0 Å². The van der Waals surface area contributed by atoms with Crippen molar-refractivity contribution in [2.75, 3.05) is 18.0 Å². The van der Waals surface area contributed by atoms with Gasteiger partial charge in [0.15, 0.2) is 0 Å². The van der Waals surface area contributed by atoms with Crippen molar-refractivity contribution in [3.05, 3.63) is 86.9 Å². The van der Waals surface area contributed by atoms with Gasteiger partial charge in [0.05, 0.1) is 17.7 Å². The van der Waals surface area contributed by atoms with E-state index >= 15 is 0 Å². The summed E-state index contributed by atoms with van der Waals surface area (Å²) in [5, 5.41) is 3.85. The smallest absolute Gasteiger partial charge is 0.264 e. The summed E-state index contributed by atoms with van der Waals surface area (Å²) >= 11 is 18.8. The van der Waals surface area contributed by atoms with Gasteiger partial charge in [0.2, 0.25) is 11.8 Å². The number of hydrogen-bond acceptors (Lipinski definition) is 5. The van der Waals surface area contributed by atoms with Crippen LogP contribution in [0.4, 0.5) is 5.69 Å². The number of halogens is 3. The largest absolute Gasteiger partial charge is 0.495 e. The molecule has 3 rings (SSSR count). The predicted molar refractivity (Wildman–Crippen MR) is 168 cm³/mol. The third-order valence-electron chi connectivity index (χ3n) is 6.82. The number of sulfonamides is 1. The number of carbonyl (C=O) groups excluding carboxylic acids is 2. The SMILES string of the molecule is CC[C@H](C)NC(=O)[C@H](C)N(Cc1ccc(Cl)cc1Cl)C(=O)CN(c1cc(Cl)ccc1OC)S(=O)(=O)c1ccc(C)cc1. The van der Waals surface area contributed by atoms with E-state index in [1.165, 1.54) is 42.3 Å². The zero-order chi connectivity index (χ0) is 31.2. The standard InChI is InChI=1S/C30H34Cl3N3O5S/c1-6-20(3)34-30(38)21(4)35(17-22-9-10-23(31)15-26(22)33)29(37)18-36(27-16-24(32)11-14-28(27)41-5)42(39,40)25-12-7-19(2)8-13-25/h7-16,20-21H,6,17-18H2,1-5H3,(H,34,38)/t20-,21-/m0/s1. The Kier molecular flexibility index (Phi) is 11.5. The fourth-order valence-electron chi connectivity index (χ4n) is 4.09. The van der Waals surface area contributed by atoms with Crippen LogP contribution in [0.1, 0.15) is 38.3 Å². The average Bonchev–Trinajstić information content (AvgIpc) is 2.95. The second-order valence-corrected chi connectivity index (χ2v) is 13.0. The maximum absolute atomic E-state index is 14.1. The minimum Gasteiger partial charge on any atom is -0.495 e. The fourth-order valence-corrected chi connectivity index (χ4v) is 6.14. The zero-order valence-corrected chi connectivity index (χ0v) is 27.1. The maximum Gasteiger partial charge on any atom is 0.264 e. The number of benzene rings is 3. The number of hydrogen-bond donors (Lipinski definition) is 1. The Balaban J connectivity index is 2.12. The van der Waals surface area contributed by atoms with Crippen molar-refractivity contribution in [2.24, 2.45) is 0 Å². The summed E-state index contributed by atoms with van der Waals surface area (Å²) in [5.41, 5.74) is 1.47. The average molecular weight is 655 g/mol. The third-order valence-corrected chi connectivity index (χ3v) is 9.42. The number of methoxy groups -OCH3 is 1. The lowest BCUT2D eigenvalue weighted by atomic mass is 10.1. The van der Waals surface area contributed by atoms with Gasteiger partial charge in [-0.3, -0.25) is 13.9 Å². The van der Waals surface area contributed by atoms with Crippen LogP contribution in [-0.2, 0) is 26.2 Å². The molecule has 1 N–H and O–H groups in total. The molecule has 2 amide bonds. The van der Waals surface area contributed by atoms with E-state index in [9.17, 15) is 18.0 Å². The van der Waals surface area contributed by atoms with Crippen molar-refractivity contribution in [1.29, 1.82) is 0 Å². The van der Waals surface area contributed by atoms with E-state index in [0.717, 1.165) is 9.87 Å². The van der Waals surface area contributed by atoms with Crippen molar-refractivity contribution < 1.29 is 22.7 Å². The molecule has 0 aliphatic heterocycles. The minimum absolute atomic E-state index is 0.0298. The first-order valence-electron chi connectivity index (χ1n) is 13.2. The molecule has 0 radical (unpaired) electrons. The van der Waals surface area contributed by atoms with Crippen molar-refractivity contribution in [3.8, 4) is 5.75 Å². The molecule has 0 spiro atoms. The van der Waals surface area contributed by atoms with E-state index in [2.05, 4.69) is 5.32 Å². The summed E-state index contributed by atoms with van der Waals surface area (Å²) in [7, 11) is -2.91. The van der Waals surface area contributed by atoms with Crippen LogP contribution in [0.25, 0.3) is 0 Å². The number of ether oxygens (including phenoxy) is 1. The molecule has 0 aromatic heterocycles. The monoisotopic (exact) mass is 653 g/mol. The Morgan fingerprint density at radius 2 is 1.57 bits per heavy atom. The van der Waals surface area contributed by atoms with Crippen LogP contribution in [0, 0.1) is 6.92 Å². The Hall–Kier alpha value is -2.98. The summed E-state index contributed by atoms with van der Waals surface area (Å²) in [6.45, 7) is 6.47. The Morgan fingerprint density at radius 3 is 2.17 bits per heavy atom. The Morgan fingerprint density at radius 1 is 0.952 bits per heavy atom. The lowest BCUT2D eigenvalue weighted by Gasteiger charge is -2.33. The molecule has 226 valence electrons. The molecule has 42 heavy (non-hydrogen) atoms. The van der Waals surface area contributed by atoms with Gasteiger partial charge in [0.1, 0.15) is 18.3 Å². The quantitative estimate of drug-likeness (QED) is 0.241. The third kappa shape index (κ3) is 8.10. The lowest BCUT2D eigenvalue weighted by molar-refractivity contribution is -0.139. The highest BCUT2D eigenvalue weighted by Crippen LogP contribution is 2.35. The molecular formula is C30H34Cl3N3O5S. The van der Waals surface area contributed by atoms with Crippen molar-refractivity contribution >= 4 is 62.3 Å². The van der Waals surface area contributed by atoms with E-state index in [4.69, 9.17) is 39.5 Å². The molecule has 0 saturated heterocycles. The highest BCUT2D eigenvalue weighted by Gasteiger charge is 2.34. The van der Waals surface area contributed by atoms with Crippen LogP contribution in [-0.4, -0.2) is 50.9 Å². The molecule has 0 unspecified atom stereocenters. The van der Waals surface area contributed by atoms with Crippen molar-refractivity contribution in [2.45, 2.75) is 57.6 Å². The second-order valence-electron chi connectivity index (χ2n) is 9.89. The Labute approximate surface area is 262 Å². The summed E-state index contributed by atoms with van der Waals surface area (Å²) in [4.78, 5) is 28.6. The van der Waals surface area contributed by atoms with E-state index < -0.39 is 34.4 Å². The summed E-state index contributed by atoms with van der Waals surface area (Å²) in [6.07, 6.45) is 0.687. The molecule has 12 heteroatoms. The summed E-state index contributed by atoms with van der Waals surface area (Å²) in [6, 6.07) is 14.5. The first-order valence-corrected chi connectivity index (χ1v) is 15.8. The van der Waals surface area contributed by atoms with Crippen molar-refractivity contribution in [3.63, 3.8) is 0 Å². The van der Waals surface area contributed by atoms with Gasteiger partial charge >= 0.3 is 0 Å².